The summed E-state index contributed by atoms with van der Waals surface area (Å²) in [6.45, 7) is 3.43. The molecule has 1 aromatic carbocycles. The van der Waals surface area contributed by atoms with Gasteiger partial charge in [-0.2, -0.15) is 8.78 Å². The number of alkyl halides is 2. The van der Waals surface area contributed by atoms with E-state index in [1.165, 1.54) is 13.0 Å². The van der Waals surface area contributed by atoms with E-state index >= 15 is 0 Å². The molecule has 2 aliphatic heterocycles. The van der Waals surface area contributed by atoms with Crippen LogP contribution >= 0.6 is 0 Å². The maximum absolute atomic E-state index is 12.9. The van der Waals surface area contributed by atoms with Crippen molar-refractivity contribution in [2.45, 2.75) is 64.5 Å². The minimum absolute atomic E-state index is 0.00597. The van der Waals surface area contributed by atoms with Gasteiger partial charge >= 0.3 is 12.6 Å². The van der Waals surface area contributed by atoms with E-state index < -0.39 is 6.61 Å². The van der Waals surface area contributed by atoms with Crippen LogP contribution in [0.1, 0.15) is 57.4 Å². The van der Waals surface area contributed by atoms with Gasteiger partial charge in [0.2, 0.25) is 11.8 Å². The summed E-state index contributed by atoms with van der Waals surface area (Å²) in [4.78, 5) is 42.9. The molecule has 1 aliphatic carbocycles. The van der Waals surface area contributed by atoms with Gasteiger partial charge in [-0.1, -0.05) is 6.07 Å². The van der Waals surface area contributed by atoms with Crippen LogP contribution in [-0.4, -0.2) is 91.6 Å². The van der Waals surface area contributed by atoms with E-state index in [1.807, 2.05) is 6.92 Å². The van der Waals surface area contributed by atoms with Crippen LogP contribution in [0.3, 0.4) is 0 Å². The number of urea groups is 1. The van der Waals surface area contributed by atoms with E-state index in [9.17, 15) is 23.2 Å². The van der Waals surface area contributed by atoms with Gasteiger partial charge in [0.1, 0.15) is 0 Å². The first-order valence-corrected chi connectivity index (χ1v) is 13.9. The molecule has 2 heterocycles. The van der Waals surface area contributed by atoms with Gasteiger partial charge in [0.05, 0.1) is 6.61 Å². The SMILES string of the molecule is CCN(C)C(=O)C1CCN(C(=O)NC[C@H]2CC(c3ccc(OC(F)F)c(OCC4CC4)c3)CN2C(C)=O)CC1. The number of halogens is 2. The smallest absolute Gasteiger partial charge is 0.387 e. The van der Waals surface area contributed by atoms with Crippen LogP contribution in [-0.2, 0) is 9.59 Å². The van der Waals surface area contributed by atoms with Crippen molar-refractivity contribution in [3.8, 4) is 11.5 Å². The average molecular weight is 551 g/mol. The number of nitrogens with one attached hydrogen (secondary N) is 1. The van der Waals surface area contributed by atoms with Crippen LogP contribution < -0.4 is 14.8 Å². The number of likely N-dealkylation sites (tertiary alicyclic amines) is 2. The Morgan fingerprint density at radius 3 is 2.46 bits per heavy atom. The first kappa shape index (κ1) is 28.9. The zero-order chi connectivity index (χ0) is 28.1. The predicted molar refractivity (Wildman–Crippen MR) is 141 cm³/mol. The summed E-state index contributed by atoms with van der Waals surface area (Å²) in [5.74, 6) is 0.699. The van der Waals surface area contributed by atoms with Crippen molar-refractivity contribution >= 4 is 17.8 Å². The zero-order valence-electron chi connectivity index (χ0n) is 23.0. The number of carbonyl (C=O) groups excluding carboxylic acids is 3. The Balaban J connectivity index is 1.34. The van der Waals surface area contributed by atoms with Crippen LogP contribution in [0, 0.1) is 11.8 Å². The van der Waals surface area contributed by atoms with E-state index in [0.29, 0.717) is 64.5 Å². The van der Waals surface area contributed by atoms with E-state index in [4.69, 9.17) is 4.74 Å². The Morgan fingerprint density at radius 1 is 1.13 bits per heavy atom. The van der Waals surface area contributed by atoms with E-state index in [2.05, 4.69) is 10.1 Å². The van der Waals surface area contributed by atoms with Crippen molar-refractivity contribution in [3.63, 3.8) is 0 Å². The number of amides is 4. The molecule has 0 radical (unpaired) electrons. The topological polar surface area (TPSA) is 91.4 Å². The normalized spacial score (nSPS) is 21.7. The molecule has 3 aliphatic rings. The number of nitrogens with zero attached hydrogens (tertiary/aromatic N) is 3. The molecule has 1 aromatic rings. The summed E-state index contributed by atoms with van der Waals surface area (Å²) in [5, 5.41) is 2.98. The third kappa shape index (κ3) is 7.51. The molecular weight excluding hydrogens is 510 g/mol. The fourth-order valence-corrected chi connectivity index (χ4v) is 5.43. The van der Waals surface area contributed by atoms with Crippen molar-refractivity contribution in [2.75, 3.05) is 46.4 Å². The Kier molecular flexibility index (Phi) is 9.50. The lowest BCUT2D eigenvalue weighted by molar-refractivity contribution is -0.135. The van der Waals surface area contributed by atoms with Gasteiger partial charge in [-0.3, -0.25) is 9.59 Å². The van der Waals surface area contributed by atoms with Gasteiger partial charge in [-0.25, -0.2) is 4.79 Å². The highest BCUT2D eigenvalue weighted by Crippen LogP contribution is 2.38. The van der Waals surface area contributed by atoms with Crippen LogP contribution in [0.5, 0.6) is 11.5 Å². The highest BCUT2D eigenvalue weighted by atomic mass is 19.3. The molecule has 9 nitrogen and oxygen atoms in total. The summed E-state index contributed by atoms with van der Waals surface area (Å²) in [6.07, 6.45) is 4.04. The van der Waals surface area contributed by atoms with Crippen molar-refractivity contribution in [1.82, 2.24) is 20.0 Å². The molecule has 11 heteroatoms. The first-order valence-electron chi connectivity index (χ1n) is 13.9. The number of piperidine rings is 1. The molecule has 4 rings (SSSR count). The van der Waals surface area contributed by atoms with Gasteiger partial charge in [-0.15, -0.1) is 0 Å². The Hall–Kier alpha value is -3.11. The molecule has 0 aromatic heterocycles. The number of carbonyl (C=O) groups is 3. The quantitative estimate of drug-likeness (QED) is 0.480. The third-order valence-corrected chi connectivity index (χ3v) is 8.12. The predicted octanol–water partition coefficient (Wildman–Crippen LogP) is 3.68. The minimum atomic E-state index is -2.95. The lowest BCUT2D eigenvalue weighted by Gasteiger charge is -2.33. The van der Waals surface area contributed by atoms with Crippen LogP contribution in [0.25, 0.3) is 0 Å². The molecule has 0 bridgehead atoms. The highest BCUT2D eigenvalue weighted by Gasteiger charge is 2.36. The third-order valence-electron chi connectivity index (χ3n) is 8.12. The monoisotopic (exact) mass is 550 g/mol. The fraction of sp³-hybridized carbons (Fsp3) is 0.679. The Morgan fingerprint density at radius 2 is 1.85 bits per heavy atom. The number of ether oxygens (including phenoxy) is 2. The van der Waals surface area contributed by atoms with Crippen LogP contribution in [0.15, 0.2) is 18.2 Å². The van der Waals surface area contributed by atoms with Gasteiger partial charge in [-0.05, 0) is 62.6 Å². The van der Waals surface area contributed by atoms with Crippen molar-refractivity contribution in [3.05, 3.63) is 23.8 Å². The first-order chi connectivity index (χ1) is 18.7. The van der Waals surface area contributed by atoms with Crippen molar-refractivity contribution < 1.29 is 32.6 Å². The minimum Gasteiger partial charge on any atom is -0.489 e. The molecular formula is C28H40F2N4O5. The van der Waals surface area contributed by atoms with Gasteiger partial charge in [0.25, 0.3) is 0 Å². The van der Waals surface area contributed by atoms with Gasteiger partial charge < -0.3 is 29.5 Å². The summed E-state index contributed by atoms with van der Waals surface area (Å²) < 4.78 is 36.3. The Bertz CT molecular complexity index is 1030. The second-order valence-corrected chi connectivity index (χ2v) is 10.9. The average Bonchev–Trinajstić information content (AvgIpc) is 3.66. The standard InChI is InChI=1S/C28H40F2N4O5/c1-4-32(3)26(36)20-9-11-33(12-10-20)28(37)31-15-23-13-22(16-34(23)18(2)35)21-7-8-24(39-27(29)30)25(14-21)38-17-19-5-6-19/h7-8,14,19-20,22-23,27H,4-6,9-13,15-17H2,1-3H3,(H,31,37)/t22?,23-/m1/s1. The number of benzene rings is 1. The molecule has 1 unspecified atom stereocenters. The maximum atomic E-state index is 12.9. The second kappa shape index (κ2) is 12.8. The summed E-state index contributed by atoms with van der Waals surface area (Å²) >= 11 is 0. The van der Waals surface area contributed by atoms with E-state index in [0.717, 1.165) is 18.4 Å². The number of hydrogen-bond donors (Lipinski definition) is 1. The van der Waals surface area contributed by atoms with Crippen molar-refractivity contribution in [2.24, 2.45) is 11.8 Å². The second-order valence-electron chi connectivity index (χ2n) is 10.9. The molecule has 216 valence electrons. The molecule has 3 fully saturated rings. The molecule has 1 N–H and O–H groups in total. The molecule has 2 atom stereocenters. The lowest BCUT2D eigenvalue weighted by Crippen LogP contribution is -2.50. The highest BCUT2D eigenvalue weighted by molar-refractivity contribution is 5.79. The Labute approximate surface area is 228 Å². The summed E-state index contributed by atoms with van der Waals surface area (Å²) in [7, 11) is 1.80. The molecule has 2 saturated heterocycles. The van der Waals surface area contributed by atoms with Gasteiger partial charge in [0, 0.05) is 64.6 Å². The molecule has 4 amide bonds. The summed E-state index contributed by atoms with van der Waals surface area (Å²) in [5.41, 5.74) is 0.881. The van der Waals surface area contributed by atoms with Crippen molar-refractivity contribution in [1.29, 1.82) is 0 Å². The number of hydrogen-bond acceptors (Lipinski definition) is 5. The van der Waals surface area contributed by atoms with Crippen LogP contribution in [0.2, 0.25) is 0 Å². The lowest BCUT2D eigenvalue weighted by atomic mass is 9.95. The van der Waals surface area contributed by atoms with E-state index in [1.54, 1.807) is 33.9 Å². The zero-order valence-corrected chi connectivity index (χ0v) is 23.0. The maximum Gasteiger partial charge on any atom is 0.387 e. The van der Waals surface area contributed by atoms with Gasteiger partial charge in [0.15, 0.2) is 11.5 Å². The molecule has 39 heavy (non-hydrogen) atoms. The van der Waals surface area contributed by atoms with Crippen LogP contribution in [0.4, 0.5) is 13.6 Å². The molecule has 1 saturated carbocycles. The van der Waals surface area contributed by atoms with E-state index in [-0.39, 0.29) is 47.2 Å². The molecule has 0 spiro atoms. The largest absolute Gasteiger partial charge is 0.489 e. The summed E-state index contributed by atoms with van der Waals surface area (Å²) in [6, 6.07) is 4.60. The fourth-order valence-electron chi connectivity index (χ4n) is 5.43. The number of rotatable bonds is 10.